The molecule has 1 N–H and O–H groups in total. The number of rotatable bonds is 1. The van der Waals surface area contributed by atoms with Crippen molar-refractivity contribution in [1.29, 1.82) is 0 Å². The second kappa shape index (κ2) is 5.45. The molecule has 1 saturated heterocycles. The van der Waals surface area contributed by atoms with Crippen LogP contribution in [0, 0.1) is 18.7 Å². The molecule has 20 heavy (non-hydrogen) atoms. The van der Waals surface area contributed by atoms with Gasteiger partial charge in [-0.25, -0.2) is 4.39 Å². The van der Waals surface area contributed by atoms with Gasteiger partial charge < -0.3 is 10.1 Å². The van der Waals surface area contributed by atoms with E-state index in [-0.39, 0.29) is 17.5 Å². The third-order valence-electron chi connectivity index (χ3n) is 4.88. The summed E-state index contributed by atoms with van der Waals surface area (Å²) < 4.78 is 19.7. The minimum Gasteiger partial charge on any atom is -0.370 e. The second-order valence-electron chi connectivity index (χ2n) is 6.67. The van der Waals surface area contributed by atoms with E-state index < -0.39 is 0 Å². The lowest BCUT2D eigenvalue weighted by Crippen LogP contribution is -2.57. The van der Waals surface area contributed by atoms with E-state index in [1.807, 2.05) is 12.1 Å². The molecule has 110 valence electrons. The summed E-state index contributed by atoms with van der Waals surface area (Å²) in [6, 6.07) is 5.43. The number of nitrogens with one attached hydrogen (secondary N) is 1. The Kier molecular flexibility index (Phi) is 3.83. The van der Waals surface area contributed by atoms with Crippen molar-refractivity contribution in [3.63, 3.8) is 0 Å². The molecule has 1 aromatic carbocycles. The fourth-order valence-electron chi connectivity index (χ4n) is 3.65. The zero-order valence-corrected chi connectivity index (χ0v) is 12.4. The number of hydrogen-bond donors (Lipinski definition) is 1. The minimum absolute atomic E-state index is 0.0204. The van der Waals surface area contributed by atoms with Crippen LogP contribution < -0.4 is 5.32 Å². The molecule has 2 aliphatic rings. The topological polar surface area (TPSA) is 21.3 Å². The molecule has 0 amide bonds. The monoisotopic (exact) mass is 277 g/mol. The van der Waals surface area contributed by atoms with Crippen molar-refractivity contribution in [3.05, 3.63) is 35.1 Å². The van der Waals surface area contributed by atoms with Gasteiger partial charge in [-0.15, -0.1) is 0 Å². The first-order valence-corrected chi connectivity index (χ1v) is 7.71. The van der Waals surface area contributed by atoms with Crippen molar-refractivity contribution in [1.82, 2.24) is 5.32 Å². The van der Waals surface area contributed by atoms with Crippen LogP contribution in [0.1, 0.15) is 49.8 Å². The van der Waals surface area contributed by atoms with Gasteiger partial charge in [-0.3, -0.25) is 0 Å². The van der Waals surface area contributed by atoms with Gasteiger partial charge in [0.05, 0.1) is 12.7 Å². The molecular formula is C17H24FNO. The number of morpholine rings is 1. The molecule has 3 rings (SSSR count). The molecule has 1 aromatic rings. The van der Waals surface area contributed by atoms with Gasteiger partial charge in [0.25, 0.3) is 0 Å². The molecule has 3 atom stereocenters. The lowest BCUT2D eigenvalue weighted by Gasteiger charge is -2.45. The quantitative estimate of drug-likeness (QED) is 0.844. The van der Waals surface area contributed by atoms with E-state index in [2.05, 4.69) is 12.2 Å². The molecule has 0 bridgehead atoms. The Morgan fingerprint density at radius 1 is 1.40 bits per heavy atom. The van der Waals surface area contributed by atoms with Crippen LogP contribution in [-0.4, -0.2) is 18.7 Å². The van der Waals surface area contributed by atoms with Crippen molar-refractivity contribution in [2.45, 2.75) is 51.2 Å². The van der Waals surface area contributed by atoms with E-state index in [1.165, 1.54) is 25.7 Å². The van der Waals surface area contributed by atoms with Gasteiger partial charge in [0.1, 0.15) is 5.82 Å². The summed E-state index contributed by atoms with van der Waals surface area (Å²) in [5, 5.41) is 3.70. The van der Waals surface area contributed by atoms with Gasteiger partial charge in [-0.2, -0.15) is 0 Å². The standard InChI is InChI=1S/C17H24FNO/c1-12-4-3-7-17(9-12)11-20-16(10-19-17)14-6-5-13(2)15(18)8-14/h5-6,8,12,16,19H,3-4,7,9-11H2,1-2H3. The Labute approximate surface area is 120 Å². The Hall–Kier alpha value is -0.930. The highest BCUT2D eigenvalue weighted by Crippen LogP contribution is 2.36. The second-order valence-corrected chi connectivity index (χ2v) is 6.67. The summed E-state index contributed by atoms with van der Waals surface area (Å²) in [6.07, 6.45) is 4.99. The third kappa shape index (κ3) is 2.75. The smallest absolute Gasteiger partial charge is 0.126 e. The van der Waals surface area contributed by atoms with Crippen molar-refractivity contribution >= 4 is 0 Å². The van der Waals surface area contributed by atoms with Gasteiger partial charge >= 0.3 is 0 Å². The first-order chi connectivity index (χ1) is 9.58. The highest BCUT2D eigenvalue weighted by molar-refractivity contribution is 5.25. The van der Waals surface area contributed by atoms with Crippen molar-refractivity contribution in [2.75, 3.05) is 13.2 Å². The third-order valence-corrected chi connectivity index (χ3v) is 4.88. The molecule has 0 aromatic heterocycles. The van der Waals surface area contributed by atoms with Crippen LogP contribution in [-0.2, 0) is 4.74 Å². The SMILES string of the molecule is Cc1ccc(C2CNC3(CCCC(C)C3)CO2)cc1F. The normalized spacial score (nSPS) is 34.4. The number of aryl methyl sites for hydroxylation is 1. The number of halogens is 1. The lowest BCUT2D eigenvalue weighted by molar-refractivity contribution is -0.0528. The van der Waals surface area contributed by atoms with E-state index in [1.54, 1.807) is 13.0 Å². The van der Waals surface area contributed by atoms with Crippen molar-refractivity contribution in [2.24, 2.45) is 5.92 Å². The Morgan fingerprint density at radius 3 is 2.90 bits per heavy atom. The summed E-state index contributed by atoms with van der Waals surface area (Å²) in [5.74, 6) is 0.630. The molecule has 1 saturated carbocycles. The average molecular weight is 277 g/mol. The minimum atomic E-state index is -0.141. The first-order valence-electron chi connectivity index (χ1n) is 7.71. The Bertz CT molecular complexity index is 480. The molecule has 2 fully saturated rings. The molecule has 1 spiro atoms. The van der Waals surface area contributed by atoms with Gasteiger partial charge in [0.2, 0.25) is 0 Å². The number of hydrogen-bond acceptors (Lipinski definition) is 2. The van der Waals surface area contributed by atoms with Crippen LogP contribution in [0.3, 0.4) is 0 Å². The maximum absolute atomic E-state index is 13.7. The highest BCUT2D eigenvalue weighted by atomic mass is 19.1. The van der Waals surface area contributed by atoms with Crippen LogP contribution in [0.15, 0.2) is 18.2 Å². The zero-order valence-electron chi connectivity index (χ0n) is 12.4. The fourth-order valence-corrected chi connectivity index (χ4v) is 3.65. The van der Waals surface area contributed by atoms with Gasteiger partial charge in [-0.1, -0.05) is 31.9 Å². The van der Waals surface area contributed by atoms with Crippen molar-refractivity contribution in [3.8, 4) is 0 Å². The Balaban J connectivity index is 1.67. The summed E-state index contributed by atoms with van der Waals surface area (Å²) in [4.78, 5) is 0. The predicted molar refractivity (Wildman–Crippen MR) is 78.2 cm³/mol. The fraction of sp³-hybridized carbons (Fsp3) is 0.647. The lowest BCUT2D eigenvalue weighted by atomic mass is 9.76. The van der Waals surface area contributed by atoms with Crippen LogP contribution in [0.25, 0.3) is 0 Å². The largest absolute Gasteiger partial charge is 0.370 e. The van der Waals surface area contributed by atoms with E-state index in [0.717, 1.165) is 24.6 Å². The van der Waals surface area contributed by atoms with Gasteiger partial charge in [0.15, 0.2) is 0 Å². The molecule has 2 nitrogen and oxygen atoms in total. The summed E-state index contributed by atoms with van der Waals surface area (Å²) >= 11 is 0. The zero-order chi connectivity index (χ0) is 14.2. The molecule has 3 unspecified atom stereocenters. The average Bonchev–Trinajstić information content (AvgIpc) is 2.43. The van der Waals surface area contributed by atoms with E-state index in [4.69, 9.17) is 4.74 Å². The maximum Gasteiger partial charge on any atom is 0.126 e. The Morgan fingerprint density at radius 2 is 2.25 bits per heavy atom. The van der Waals surface area contributed by atoms with Crippen LogP contribution in [0.5, 0.6) is 0 Å². The maximum atomic E-state index is 13.7. The van der Waals surface area contributed by atoms with E-state index in [0.29, 0.717) is 5.56 Å². The summed E-state index contributed by atoms with van der Waals surface area (Å²) in [7, 11) is 0. The molecule has 1 aliphatic heterocycles. The van der Waals surface area contributed by atoms with Gasteiger partial charge in [0, 0.05) is 12.1 Å². The molecule has 1 heterocycles. The first kappa shape index (κ1) is 14.0. The predicted octanol–water partition coefficient (Wildman–Crippen LogP) is 3.74. The van der Waals surface area contributed by atoms with E-state index in [9.17, 15) is 4.39 Å². The molecule has 1 aliphatic carbocycles. The van der Waals surface area contributed by atoms with Crippen LogP contribution in [0.2, 0.25) is 0 Å². The number of benzene rings is 1. The summed E-state index contributed by atoms with van der Waals surface area (Å²) in [5.41, 5.74) is 1.80. The molecule has 3 heteroatoms. The van der Waals surface area contributed by atoms with Crippen molar-refractivity contribution < 1.29 is 9.13 Å². The van der Waals surface area contributed by atoms with Crippen LogP contribution in [0.4, 0.5) is 4.39 Å². The van der Waals surface area contributed by atoms with Gasteiger partial charge in [-0.05, 0) is 42.9 Å². The van der Waals surface area contributed by atoms with Crippen LogP contribution >= 0.6 is 0 Å². The molecular weight excluding hydrogens is 253 g/mol. The van der Waals surface area contributed by atoms with E-state index >= 15 is 0 Å². The molecule has 0 radical (unpaired) electrons. The summed E-state index contributed by atoms with van der Waals surface area (Å²) in [6.45, 7) is 5.65. The highest BCUT2D eigenvalue weighted by Gasteiger charge is 2.39. The number of ether oxygens (including phenoxy) is 1.